The van der Waals surface area contributed by atoms with Gasteiger partial charge in [-0.2, -0.15) is 5.10 Å². The summed E-state index contributed by atoms with van der Waals surface area (Å²) >= 11 is 0. The van der Waals surface area contributed by atoms with Crippen LogP contribution in [-0.2, 0) is 13.2 Å². The van der Waals surface area contributed by atoms with E-state index in [1.54, 1.807) is 6.20 Å². The lowest BCUT2D eigenvalue weighted by atomic mass is 10.2. The van der Waals surface area contributed by atoms with Gasteiger partial charge in [-0.05, 0) is 29.8 Å². The number of ether oxygens (including phenoxy) is 1. The molecular weight excluding hydrogens is 330 g/mol. The summed E-state index contributed by atoms with van der Waals surface area (Å²) in [4.78, 5) is 18.2. The summed E-state index contributed by atoms with van der Waals surface area (Å²) in [5.41, 5.74) is 1.77. The van der Waals surface area contributed by atoms with Gasteiger partial charge in [-0.3, -0.25) is 4.98 Å². The highest BCUT2D eigenvalue weighted by Gasteiger charge is 2.08. The first-order chi connectivity index (χ1) is 12.8. The molecule has 0 fully saturated rings. The topological polar surface area (TPSA) is 88.6 Å². The van der Waals surface area contributed by atoms with Crippen LogP contribution in [0.4, 0.5) is 0 Å². The third kappa shape index (κ3) is 3.56. The first-order valence-corrected chi connectivity index (χ1v) is 8.20. The molecule has 2 N–H and O–H groups in total. The molecule has 4 rings (SSSR count). The van der Waals surface area contributed by atoms with Gasteiger partial charge < -0.3 is 9.30 Å². The highest BCUT2D eigenvalue weighted by atomic mass is 16.5. The van der Waals surface area contributed by atoms with E-state index in [1.807, 2.05) is 65.4 Å². The maximum absolute atomic E-state index is 11.2. The average Bonchev–Trinajstić information content (AvgIpc) is 3.30. The Labute approximate surface area is 149 Å². The molecule has 0 radical (unpaired) electrons. The van der Waals surface area contributed by atoms with Gasteiger partial charge in [0.05, 0.1) is 6.54 Å². The molecule has 0 atom stereocenters. The zero-order valence-corrected chi connectivity index (χ0v) is 13.9. The van der Waals surface area contributed by atoms with E-state index < -0.39 is 0 Å². The summed E-state index contributed by atoms with van der Waals surface area (Å²) in [5.74, 6) is 2.15. The number of benzene rings is 2. The monoisotopic (exact) mass is 347 g/mol. The van der Waals surface area contributed by atoms with Crippen molar-refractivity contribution in [3.8, 4) is 17.1 Å². The molecule has 0 amide bonds. The van der Waals surface area contributed by atoms with Crippen LogP contribution in [-0.4, -0.2) is 24.7 Å². The number of hydrogen-bond acceptors (Lipinski definition) is 4. The maximum atomic E-state index is 11.2. The molecule has 2 aromatic heterocycles. The first-order valence-electron chi connectivity index (χ1n) is 8.20. The molecule has 0 unspecified atom stereocenters. The summed E-state index contributed by atoms with van der Waals surface area (Å²) in [6.45, 7) is 0.960. The van der Waals surface area contributed by atoms with Crippen molar-refractivity contribution in [1.82, 2.24) is 24.7 Å². The Morgan fingerprint density at radius 1 is 1.04 bits per heavy atom. The fraction of sp³-hybridized carbons (Fsp3) is 0.105. The zero-order chi connectivity index (χ0) is 17.8. The van der Waals surface area contributed by atoms with Crippen LogP contribution >= 0.6 is 0 Å². The molecule has 2 heterocycles. The summed E-state index contributed by atoms with van der Waals surface area (Å²) in [6, 6.07) is 17.8. The van der Waals surface area contributed by atoms with Crippen LogP contribution < -0.4 is 10.4 Å². The Kier molecular flexibility index (Phi) is 4.34. The van der Waals surface area contributed by atoms with E-state index in [9.17, 15) is 4.79 Å². The van der Waals surface area contributed by atoms with Crippen LogP contribution in [0, 0.1) is 0 Å². The molecule has 0 saturated carbocycles. The average molecular weight is 347 g/mol. The van der Waals surface area contributed by atoms with Gasteiger partial charge in [0.1, 0.15) is 18.2 Å². The van der Waals surface area contributed by atoms with Gasteiger partial charge >= 0.3 is 5.69 Å². The van der Waals surface area contributed by atoms with Crippen LogP contribution in [0.15, 0.2) is 71.8 Å². The first kappa shape index (κ1) is 15.9. The molecule has 0 aliphatic carbocycles. The van der Waals surface area contributed by atoms with E-state index in [4.69, 9.17) is 4.74 Å². The van der Waals surface area contributed by atoms with Crippen molar-refractivity contribution in [2.75, 3.05) is 0 Å². The Hall–Kier alpha value is -3.61. The van der Waals surface area contributed by atoms with Crippen molar-refractivity contribution in [1.29, 1.82) is 0 Å². The van der Waals surface area contributed by atoms with E-state index in [2.05, 4.69) is 20.2 Å². The summed E-state index contributed by atoms with van der Waals surface area (Å²) in [5, 5.41) is 6.29. The molecule has 130 valence electrons. The zero-order valence-electron chi connectivity index (χ0n) is 13.9. The predicted octanol–water partition coefficient (Wildman–Crippen LogP) is 2.59. The minimum atomic E-state index is -0.318. The van der Waals surface area contributed by atoms with Gasteiger partial charge in [-0.15, -0.1) is 0 Å². The van der Waals surface area contributed by atoms with Crippen LogP contribution in [0.1, 0.15) is 11.4 Å². The molecule has 26 heavy (non-hydrogen) atoms. The third-order valence-electron chi connectivity index (χ3n) is 3.95. The number of aromatic nitrogens is 5. The van der Waals surface area contributed by atoms with Crippen LogP contribution in [0.25, 0.3) is 11.4 Å². The number of H-pyrrole nitrogens is 2. The summed E-state index contributed by atoms with van der Waals surface area (Å²) < 4.78 is 7.73. The van der Waals surface area contributed by atoms with Gasteiger partial charge in [0.15, 0.2) is 5.82 Å². The van der Waals surface area contributed by atoms with Crippen molar-refractivity contribution >= 4 is 0 Å². The third-order valence-corrected chi connectivity index (χ3v) is 3.95. The number of imidazole rings is 1. The number of aromatic amines is 2. The van der Waals surface area contributed by atoms with E-state index >= 15 is 0 Å². The fourth-order valence-corrected chi connectivity index (χ4v) is 2.68. The van der Waals surface area contributed by atoms with Gasteiger partial charge in [0.25, 0.3) is 0 Å². The Morgan fingerprint density at radius 2 is 1.85 bits per heavy atom. The molecular formula is C19H17N5O2. The van der Waals surface area contributed by atoms with Gasteiger partial charge in [0, 0.05) is 18.0 Å². The van der Waals surface area contributed by atoms with Crippen LogP contribution in [0.5, 0.6) is 5.75 Å². The van der Waals surface area contributed by atoms with Gasteiger partial charge in [0.2, 0.25) is 0 Å². The van der Waals surface area contributed by atoms with Crippen molar-refractivity contribution in [2.24, 2.45) is 0 Å². The fourth-order valence-electron chi connectivity index (χ4n) is 2.68. The van der Waals surface area contributed by atoms with Crippen molar-refractivity contribution in [3.63, 3.8) is 0 Å². The SMILES string of the molecule is O=c1[nH]nc(Cn2ccnc2-c2ccc(OCc3ccccc3)cc2)[nH]1. The van der Waals surface area contributed by atoms with E-state index in [1.165, 1.54) is 0 Å². The van der Waals surface area contributed by atoms with E-state index in [0.29, 0.717) is 19.0 Å². The molecule has 0 bridgehead atoms. The Balaban J connectivity index is 1.47. The number of nitrogens with zero attached hydrogens (tertiary/aromatic N) is 3. The molecule has 4 aromatic rings. The van der Waals surface area contributed by atoms with E-state index in [-0.39, 0.29) is 5.69 Å². The Bertz CT molecular complexity index is 1030. The maximum Gasteiger partial charge on any atom is 0.340 e. The van der Waals surface area contributed by atoms with Crippen molar-refractivity contribution in [3.05, 3.63) is 88.9 Å². The minimum Gasteiger partial charge on any atom is -0.489 e. The minimum absolute atomic E-state index is 0.318. The van der Waals surface area contributed by atoms with Crippen LogP contribution in [0.3, 0.4) is 0 Å². The predicted molar refractivity (Wildman–Crippen MR) is 96.7 cm³/mol. The number of nitrogens with one attached hydrogen (secondary N) is 2. The largest absolute Gasteiger partial charge is 0.489 e. The quantitative estimate of drug-likeness (QED) is 0.561. The molecule has 7 heteroatoms. The normalized spacial score (nSPS) is 10.8. The molecule has 2 aromatic carbocycles. The lowest BCUT2D eigenvalue weighted by molar-refractivity contribution is 0.306. The smallest absolute Gasteiger partial charge is 0.340 e. The van der Waals surface area contributed by atoms with E-state index in [0.717, 1.165) is 22.7 Å². The van der Waals surface area contributed by atoms with Gasteiger partial charge in [-0.1, -0.05) is 30.3 Å². The number of hydrogen-bond donors (Lipinski definition) is 2. The second kappa shape index (κ2) is 7.10. The molecule has 0 aliphatic heterocycles. The second-order valence-corrected chi connectivity index (χ2v) is 5.80. The molecule has 0 spiro atoms. The second-order valence-electron chi connectivity index (χ2n) is 5.80. The number of rotatable bonds is 6. The highest BCUT2D eigenvalue weighted by Crippen LogP contribution is 2.22. The standard InChI is InChI=1S/C19H17N5O2/c25-19-21-17(22-23-19)12-24-11-10-20-18(24)15-6-8-16(9-7-15)26-13-14-4-2-1-3-5-14/h1-11H,12-13H2,(H2,21,22,23,25). The highest BCUT2D eigenvalue weighted by molar-refractivity contribution is 5.57. The van der Waals surface area contributed by atoms with Crippen LogP contribution in [0.2, 0.25) is 0 Å². The van der Waals surface area contributed by atoms with Gasteiger partial charge in [-0.25, -0.2) is 14.9 Å². The lowest BCUT2D eigenvalue weighted by Gasteiger charge is -2.09. The molecule has 0 aliphatic rings. The van der Waals surface area contributed by atoms with Crippen molar-refractivity contribution < 1.29 is 4.74 Å². The summed E-state index contributed by atoms with van der Waals surface area (Å²) in [7, 11) is 0. The summed E-state index contributed by atoms with van der Waals surface area (Å²) in [6.07, 6.45) is 3.57. The molecule has 7 nitrogen and oxygen atoms in total. The Morgan fingerprint density at radius 3 is 2.58 bits per heavy atom. The van der Waals surface area contributed by atoms with Crippen molar-refractivity contribution in [2.45, 2.75) is 13.2 Å². The molecule has 0 saturated heterocycles. The lowest BCUT2D eigenvalue weighted by Crippen LogP contribution is -2.05.